The standard InChI is InChI=1S/C17H18O3/c1-19-13-7-8-17-15(10-13)16(18)11-14(20-17)9-12-5-3-2-4-6-12/h2-8,10,14,16,18H,9,11H2,1H3/t14?,16-/m0/s1. The summed E-state index contributed by atoms with van der Waals surface area (Å²) in [5.74, 6) is 1.50. The van der Waals surface area contributed by atoms with E-state index in [-0.39, 0.29) is 6.10 Å². The fourth-order valence-corrected chi connectivity index (χ4v) is 2.63. The van der Waals surface area contributed by atoms with Crippen molar-refractivity contribution in [1.82, 2.24) is 0 Å². The smallest absolute Gasteiger partial charge is 0.125 e. The predicted molar refractivity (Wildman–Crippen MR) is 77.1 cm³/mol. The molecule has 1 heterocycles. The molecule has 0 fully saturated rings. The van der Waals surface area contributed by atoms with Gasteiger partial charge in [-0.05, 0) is 23.8 Å². The molecule has 0 spiro atoms. The Kier molecular flexibility index (Phi) is 3.61. The maximum Gasteiger partial charge on any atom is 0.125 e. The van der Waals surface area contributed by atoms with Crippen LogP contribution in [0.1, 0.15) is 23.7 Å². The lowest BCUT2D eigenvalue weighted by molar-refractivity contribution is 0.0660. The molecule has 3 rings (SSSR count). The van der Waals surface area contributed by atoms with Crippen LogP contribution in [0.15, 0.2) is 48.5 Å². The summed E-state index contributed by atoms with van der Waals surface area (Å²) >= 11 is 0. The van der Waals surface area contributed by atoms with Gasteiger partial charge in [0.25, 0.3) is 0 Å². The Morgan fingerprint density at radius 3 is 2.75 bits per heavy atom. The second-order valence-corrected chi connectivity index (χ2v) is 5.08. The summed E-state index contributed by atoms with van der Waals surface area (Å²) in [6, 6.07) is 15.8. The molecule has 3 nitrogen and oxygen atoms in total. The van der Waals surface area contributed by atoms with E-state index in [4.69, 9.17) is 9.47 Å². The first-order valence-electron chi connectivity index (χ1n) is 6.83. The van der Waals surface area contributed by atoms with Gasteiger partial charge in [-0.15, -0.1) is 0 Å². The van der Waals surface area contributed by atoms with E-state index in [2.05, 4.69) is 12.1 Å². The number of fused-ring (bicyclic) bond motifs is 1. The van der Waals surface area contributed by atoms with E-state index in [9.17, 15) is 5.11 Å². The number of methoxy groups -OCH3 is 1. The normalized spacial score (nSPS) is 20.9. The van der Waals surface area contributed by atoms with Crippen molar-refractivity contribution in [2.75, 3.05) is 7.11 Å². The monoisotopic (exact) mass is 270 g/mol. The van der Waals surface area contributed by atoms with Gasteiger partial charge in [-0.3, -0.25) is 0 Å². The van der Waals surface area contributed by atoms with Gasteiger partial charge < -0.3 is 14.6 Å². The minimum Gasteiger partial charge on any atom is -0.497 e. The molecule has 0 radical (unpaired) electrons. The van der Waals surface area contributed by atoms with E-state index in [1.54, 1.807) is 7.11 Å². The van der Waals surface area contributed by atoms with Crippen LogP contribution in [-0.4, -0.2) is 18.3 Å². The molecular weight excluding hydrogens is 252 g/mol. The molecule has 1 aliphatic rings. The number of hydrogen-bond donors (Lipinski definition) is 1. The van der Waals surface area contributed by atoms with Crippen molar-refractivity contribution in [2.24, 2.45) is 0 Å². The minimum atomic E-state index is -0.498. The van der Waals surface area contributed by atoms with Gasteiger partial charge in [-0.25, -0.2) is 0 Å². The first-order valence-corrected chi connectivity index (χ1v) is 6.83. The molecule has 1 aliphatic heterocycles. The zero-order valence-electron chi connectivity index (χ0n) is 11.5. The molecule has 0 amide bonds. The first kappa shape index (κ1) is 13.0. The van der Waals surface area contributed by atoms with E-state index >= 15 is 0 Å². The Hall–Kier alpha value is -2.00. The molecule has 2 aromatic rings. The summed E-state index contributed by atoms with van der Waals surface area (Å²) in [5, 5.41) is 10.3. The molecule has 1 N–H and O–H groups in total. The number of ether oxygens (including phenoxy) is 2. The van der Waals surface area contributed by atoms with Crippen molar-refractivity contribution in [2.45, 2.75) is 25.0 Å². The molecule has 0 aliphatic carbocycles. The van der Waals surface area contributed by atoms with Crippen LogP contribution in [0.5, 0.6) is 11.5 Å². The van der Waals surface area contributed by atoms with E-state index in [0.29, 0.717) is 6.42 Å². The van der Waals surface area contributed by atoms with Crippen LogP contribution < -0.4 is 9.47 Å². The van der Waals surface area contributed by atoms with Gasteiger partial charge in [-0.1, -0.05) is 30.3 Å². The highest BCUT2D eigenvalue weighted by atomic mass is 16.5. The molecule has 0 saturated heterocycles. The molecule has 0 bridgehead atoms. The Labute approximate surface area is 118 Å². The van der Waals surface area contributed by atoms with Crippen LogP contribution in [0.25, 0.3) is 0 Å². The number of aliphatic hydroxyl groups is 1. The summed E-state index contributed by atoms with van der Waals surface area (Å²) in [4.78, 5) is 0. The van der Waals surface area contributed by atoms with Crippen LogP contribution in [0.3, 0.4) is 0 Å². The maximum absolute atomic E-state index is 10.3. The fourth-order valence-electron chi connectivity index (χ4n) is 2.63. The molecule has 3 heteroatoms. The first-order chi connectivity index (χ1) is 9.76. The van der Waals surface area contributed by atoms with Crippen LogP contribution in [0.2, 0.25) is 0 Å². The third-order valence-electron chi connectivity index (χ3n) is 3.66. The SMILES string of the molecule is COc1ccc2c(c1)[C@@H](O)CC(Cc1ccccc1)O2. The summed E-state index contributed by atoms with van der Waals surface area (Å²) in [7, 11) is 1.62. The third-order valence-corrected chi connectivity index (χ3v) is 3.66. The van der Waals surface area contributed by atoms with E-state index in [1.165, 1.54) is 5.56 Å². The second kappa shape index (κ2) is 5.55. The number of benzene rings is 2. The molecule has 2 atom stereocenters. The number of hydrogen-bond acceptors (Lipinski definition) is 3. The lowest BCUT2D eigenvalue weighted by Gasteiger charge is -2.30. The highest BCUT2D eigenvalue weighted by Crippen LogP contribution is 2.37. The van der Waals surface area contributed by atoms with Crippen molar-refractivity contribution in [3.05, 3.63) is 59.7 Å². The number of rotatable bonds is 3. The van der Waals surface area contributed by atoms with Gasteiger partial charge in [0.2, 0.25) is 0 Å². The molecule has 20 heavy (non-hydrogen) atoms. The van der Waals surface area contributed by atoms with Crippen LogP contribution >= 0.6 is 0 Å². The molecule has 0 saturated carbocycles. The second-order valence-electron chi connectivity index (χ2n) is 5.08. The third kappa shape index (κ3) is 2.63. The average molecular weight is 270 g/mol. The molecule has 1 unspecified atom stereocenters. The maximum atomic E-state index is 10.3. The lowest BCUT2D eigenvalue weighted by atomic mass is 9.95. The molecule has 2 aromatic carbocycles. The summed E-state index contributed by atoms with van der Waals surface area (Å²) in [5.41, 5.74) is 2.04. The largest absolute Gasteiger partial charge is 0.497 e. The van der Waals surface area contributed by atoms with Gasteiger partial charge in [0, 0.05) is 18.4 Å². The summed E-state index contributed by atoms with van der Waals surface area (Å²) in [6.07, 6.45) is 0.925. The lowest BCUT2D eigenvalue weighted by Crippen LogP contribution is -2.27. The van der Waals surface area contributed by atoms with Gasteiger partial charge in [0.05, 0.1) is 13.2 Å². The van der Waals surface area contributed by atoms with Crippen LogP contribution in [0.4, 0.5) is 0 Å². The quantitative estimate of drug-likeness (QED) is 0.931. The van der Waals surface area contributed by atoms with Crippen molar-refractivity contribution >= 4 is 0 Å². The molecule has 104 valence electrons. The Morgan fingerprint density at radius 1 is 1.20 bits per heavy atom. The Balaban J connectivity index is 1.79. The zero-order chi connectivity index (χ0) is 13.9. The number of aliphatic hydroxyl groups excluding tert-OH is 1. The average Bonchev–Trinajstić information content (AvgIpc) is 2.48. The summed E-state index contributed by atoms with van der Waals surface area (Å²) in [6.45, 7) is 0. The van der Waals surface area contributed by atoms with Gasteiger partial charge >= 0.3 is 0 Å². The van der Waals surface area contributed by atoms with E-state index in [0.717, 1.165) is 23.5 Å². The van der Waals surface area contributed by atoms with Gasteiger partial charge in [0.1, 0.15) is 17.6 Å². The van der Waals surface area contributed by atoms with Crippen LogP contribution in [-0.2, 0) is 6.42 Å². The van der Waals surface area contributed by atoms with Crippen molar-refractivity contribution in [3.8, 4) is 11.5 Å². The van der Waals surface area contributed by atoms with Crippen molar-refractivity contribution in [3.63, 3.8) is 0 Å². The highest BCUT2D eigenvalue weighted by Gasteiger charge is 2.27. The van der Waals surface area contributed by atoms with Gasteiger partial charge in [-0.2, -0.15) is 0 Å². The Bertz CT molecular complexity index is 580. The van der Waals surface area contributed by atoms with Crippen molar-refractivity contribution < 1.29 is 14.6 Å². The molecule has 0 aromatic heterocycles. The van der Waals surface area contributed by atoms with Crippen molar-refractivity contribution in [1.29, 1.82) is 0 Å². The summed E-state index contributed by atoms with van der Waals surface area (Å²) < 4.78 is 11.2. The van der Waals surface area contributed by atoms with Crippen LogP contribution in [0, 0.1) is 0 Å². The van der Waals surface area contributed by atoms with E-state index in [1.807, 2.05) is 36.4 Å². The minimum absolute atomic E-state index is 0.00768. The van der Waals surface area contributed by atoms with E-state index < -0.39 is 6.10 Å². The Morgan fingerprint density at radius 2 is 2.00 bits per heavy atom. The van der Waals surface area contributed by atoms with Gasteiger partial charge in [0.15, 0.2) is 0 Å². The fraction of sp³-hybridized carbons (Fsp3) is 0.294. The zero-order valence-corrected chi connectivity index (χ0v) is 11.5. The molecular formula is C17H18O3. The topological polar surface area (TPSA) is 38.7 Å². The predicted octanol–water partition coefficient (Wildman–Crippen LogP) is 3.12. The highest BCUT2D eigenvalue weighted by molar-refractivity contribution is 5.43.